The smallest absolute Gasteiger partial charge is 0.238 e. The zero-order valence-corrected chi connectivity index (χ0v) is 12.4. The molecule has 6 heteroatoms. The molecule has 0 amide bonds. The van der Waals surface area contributed by atoms with E-state index in [1.807, 2.05) is 24.4 Å². The molecule has 0 radical (unpaired) electrons. The molecule has 108 valence electrons. The first-order valence-corrected chi connectivity index (χ1v) is 7.98. The lowest BCUT2D eigenvalue weighted by atomic mass is 10.2. The first kappa shape index (κ1) is 14.6. The summed E-state index contributed by atoms with van der Waals surface area (Å²) in [5.41, 5.74) is 2.57. The van der Waals surface area contributed by atoms with Gasteiger partial charge in [-0.25, -0.2) is 13.6 Å². The highest BCUT2D eigenvalue weighted by Gasteiger charge is 2.13. The second-order valence-corrected chi connectivity index (χ2v) is 6.14. The van der Waals surface area contributed by atoms with Crippen molar-refractivity contribution in [1.82, 2.24) is 4.57 Å². The molecule has 0 aliphatic carbocycles. The van der Waals surface area contributed by atoms with Gasteiger partial charge in [-0.1, -0.05) is 6.07 Å². The molecule has 2 aromatic rings. The molecule has 0 atom stereocenters. The largest absolute Gasteiger partial charge is 0.379 e. The topological polar surface area (TPSA) is 77.1 Å². The van der Waals surface area contributed by atoms with E-state index in [2.05, 4.69) is 16.8 Å². The lowest BCUT2D eigenvalue weighted by Crippen LogP contribution is -2.15. The summed E-state index contributed by atoms with van der Waals surface area (Å²) in [5, 5.41) is 8.46. The second-order valence-electron chi connectivity index (χ2n) is 4.61. The van der Waals surface area contributed by atoms with Crippen molar-refractivity contribution in [2.75, 3.05) is 5.32 Å². The zero-order valence-electron chi connectivity index (χ0n) is 11.6. The number of nitrogens with one attached hydrogen (secondary N) is 1. The molecule has 0 aliphatic rings. The van der Waals surface area contributed by atoms with Crippen LogP contribution in [-0.4, -0.2) is 13.0 Å². The molecule has 1 aromatic heterocycles. The minimum absolute atomic E-state index is 0.161. The van der Waals surface area contributed by atoms with Crippen molar-refractivity contribution in [3.63, 3.8) is 0 Å². The Kier molecular flexibility index (Phi) is 4.15. The van der Waals surface area contributed by atoms with Crippen molar-refractivity contribution < 1.29 is 8.42 Å². The van der Waals surface area contributed by atoms with E-state index in [-0.39, 0.29) is 4.90 Å². The quantitative estimate of drug-likeness (QED) is 0.886. The Labute approximate surface area is 119 Å². The average molecular weight is 293 g/mol. The predicted octanol–water partition coefficient (Wildman–Crippen LogP) is 2.08. The van der Waals surface area contributed by atoms with E-state index in [4.69, 9.17) is 5.14 Å². The van der Waals surface area contributed by atoms with Gasteiger partial charge in [0.1, 0.15) is 0 Å². The van der Waals surface area contributed by atoms with Crippen LogP contribution < -0.4 is 10.5 Å². The monoisotopic (exact) mass is 293 g/mol. The Balaban J connectivity index is 2.23. The normalized spacial score (nSPS) is 11.6. The minimum Gasteiger partial charge on any atom is -0.379 e. The Morgan fingerprint density at radius 3 is 2.65 bits per heavy atom. The minimum atomic E-state index is -3.69. The van der Waals surface area contributed by atoms with Gasteiger partial charge in [0.2, 0.25) is 10.0 Å². The predicted molar refractivity (Wildman–Crippen MR) is 80.0 cm³/mol. The van der Waals surface area contributed by atoms with Gasteiger partial charge < -0.3 is 9.88 Å². The van der Waals surface area contributed by atoms with E-state index in [1.54, 1.807) is 13.0 Å². The number of aryl methyl sites for hydroxylation is 1. The maximum Gasteiger partial charge on any atom is 0.238 e. The summed E-state index contributed by atoms with van der Waals surface area (Å²) >= 11 is 0. The number of benzene rings is 1. The summed E-state index contributed by atoms with van der Waals surface area (Å²) in [6, 6.07) is 9.09. The summed E-state index contributed by atoms with van der Waals surface area (Å²) in [4.78, 5) is 0.161. The highest BCUT2D eigenvalue weighted by atomic mass is 32.2. The van der Waals surface area contributed by atoms with E-state index in [9.17, 15) is 8.42 Å². The molecule has 0 fully saturated rings. The Hall–Kier alpha value is -1.79. The van der Waals surface area contributed by atoms with Crippen molar-refractivity contribution >= 4 is 15.7 Å². The molecule has 0 spiro atoms. The van der Waals surface area contributed by atoms with Gasteiger partial charge >= 0.3 is 0 Å². The highest BCUT2D eigenvalue weighted by Crippen LogP contribution is 2.22. The molecule has 20 heavy (non-hydrogen) atoms. The molecular weight excluding hydrogens is 274 g/mol. The molecule has 0 saturated carbocycles. The van der Waals surface area contributed by atoms with Crippen LogP contribution in [-0.2, 0) is 23.1 Å². The van der Waals surface area contributed by atoms with Gasteiger partial charge in [0, 0.05) is 24.1 Å². The van der Waals surface area contributed by atoms with Crippen LogP contribution in [0.1, 0.15) is 18.2 Å². The van der Waals surface area contributed by atoms with Gasteiger partial charge in [-0.2, -0.15) is 0 Å². The molecular formula is C14H19N3O2S. The molecule has 0 bridgehead atoms. The number of hydrogen-bond donors (Lipinski definition) is 2. The van der Waals surface area contributed by atoms with E-state index >= 15 is 0 Å². The molecule has 0 aliphatic heterocycles. The number of nitrogens with zero attached hydrogens (tertiary/aromatic N) is 1. The number of hydrogen-bond acceptors (Lipinski definition) is 3. The Bertz CT molecular complexity index is 705. The third-order valence-electron chi connectivity index (χ3n) is 3.31. The molecule has 2 rings (SSSR count). The number of sulfonamides is 1. The molecule has 0 unspecified atom stereocenters. The summed E-state index contributed by atoms with van der Waals surface area (Å²) in [6.07, 6.45) is 2.02. The maximum absolute atomic E-state index is 11.5. The van der Waals surface area contributed by atoms with Crippen molar-refractivity contribution in [2.45, 2.75) is 31.8 Å². The Morgan fingerprint density at radius 1 is 1.25 bits per heavy atom. The average Bonchev–Trinajstić information content (AvgIpc) is 2.83. The van der Waals surface area contributed by atoms with Crippen LogP contribution in [0.5, 0.6) is 0 Å². The van der Waals surface area contributed by atoms with Crippen LogP contribution in [0.4, 0.5) is 5.69 Å². The number of anilines is 1. The van der Waals surface area contributed by atoms with E-state index < -0.39 is 10.0 Å². The molecule has 3 N–H and O–H groups in total. The van der Waals surface area contributed by atoms with Crippen molar-refractivity contribution in [1.29, 1.82) is 0 Å². The van der Waals surface area contributed by atoms with Gasteiger partial charge in [0.15, 0.2) is 0 Å². The van der Waals surface area contributed by atoms with Crippen molar-refractivity contribution in [3.05, 3.63) is 47.8 Å². The highest BCUT2D eigenvalue weighted by molar-refractivity contribution is 7.89. The maximum atomic E-state index is 11.5. The van der Waals surface area contributed by atoms with Gasteiger partial charge in [-0.3, -0.25) is 0 Å². The van der Waals surface area contributed by atoms with Crippen molar-refractivity contribution in [2.24, 2.45) is 5.14 Å². The van der Waals surface area contributed by atoms with Crippen LogP contribution in [0.3, 0.4) is 0 Å². The summed E-state index contributed by atoms with van der Waals surface area (Å²) in [5.74, 6) is 0. The molecule has 0 saturated heterocycles. The zero-order chi connectivity index (χ0) is 14.8. The fourth-order valence-electron chi connectivity index (χ4n) is 2.22. The van der Waals surface area contributed by atoms with Gasteiger partial charge in [0.05, 0.1) is 11.4 Å². The van der Waals surface area contributed by atoms with Crippen molar-refractivity contribution in [3.8, 4) is 0 Å². The molecule has 5 nitrogen and oxygen atoms in total. The summed E-state index contributed by atoms with van der Waals surface area (Å²) in [6.45, 7) is 5.37. The first-order valence-electron chi connectivity index (χ1n) is 6.43. The Morgan fingerprint density at radius 2 is 2.00 bits per heavy atom. The van der Waals surface area contributed by atoms with Crippen LogP contribution in [0.15, 0.2) is 41.4 Å². The number of nitrogens with two attached hydrogens (primary N) is 1. The number of rotatable bonds is 5. The number of aromatic nitrogens is 1. The van der Waals surface area contributed by atoms with Crippen LogP contribution in [0.25, 0.3) is 0 Å². The fraction of sp³-hybridized carbons (Fsp3) is 0.286. The van der Waals surface area contributed by atoms with Gasteiger partial charge in [-0.15, -0.1) is 0 Å². The van der Waals surface area contributed by atoms with E-state index in [0.717, 1.165) is 17.9 Å². The van der Waals surface area contributed by atoms with E-state index in [0.29, 0.717) is 12.1 Å². The standard InChI is InChI=1S/C14H19N3O2S/c1-3-17-9-5-6-12(17)10-16-13-7-4-8-14(11(13)2)20(15,18)19/h4-9,16H,3,10H2,1-2H3,(H2,15,18,19). The molecule has 1 heterocycles. The SMILES string of the molecule is CCn1cccc1CNc1cccc(S(N)(=O)=O)c1C. The third-order valence-corrected chi connectivity index (χ3v) is 4.37. The second kappa shape index (κ2) is 5.68. The van der Waals surface area contributed by atoms with Crippen LogP contribution >= 0.6 is 0 Å². The number of primary sulfonamides is 1. The van der Waals surface area contributed by atoms with Gasteiger partial charge in [0.25, 0.3) is 0 Å². The third kappa shape index (κ3) is 3.02. The molecule has 1 aromatic carbocycles. The van der Waals surface area contributed by atoms with E-state index in [1.165, 1.54) is 6.07 Å². The van der Waals surface area contributed by atoms with Gasteiger partial charge in [-0.05, 0) is 43.7 Å². The first-order chi connectivity index (χ1) is 9.43. The summed E-state index contributed by atoms with van der Waals surface area (Å²) < 4.78 is 25.1. The van der Waals surface area contributed by atoms with Crippen LogP contribution in [0.2, 0.25) is 0 Å². The summed E-state index contributed by atoms with van der Waals surface area (Å²) in [7, 11) is -3.69. The lowest BCUT2D eigenvalue weighted by molar-refractivity contribution is 0.597. The fourth-order valence-corrected chi connectivity index (χ4v) is 3.02. The lowest BCUT2D eigenvalue weighted by Gasteiger charge is -2.13. The van der Waals surface area contributed by atoms with Crippen LogP contribution in [0, 0.1) is 6.92 Å².